The number of hydrogen-bond donors (Lipinski definition) is 3. The number of benzene rings is 2. The largest absolute Gasteiger partial charge is 0.495 e. The van der Waals surface area contributed by atoms with Crippen LogP contribution in [0, 0.1) is 0 Å². The number of anilines is 5. The molecule has 0 spiro atoms. The van der Waals surface area contributed by atoms with Gasteiger partial charge in [-0.2, -0.15) is 4.98 Å². The Kier molecular flexibility index (Phi) is 5.44. The monoisotopic (exact) mass is 427 g/mol. The first-order chi connectivity index (χ1) is 14.5. The topological polar surface area (TPSA) is 107 Å². The van der Waals surface area contributed by atoms with Crippen LogP contribution in [-0.4, -0.2) is 29.8 Å². The van der Waals surface area contributed by atoms with Crippen molar-refractivity contribution < 1.29 is 19.0 Å². The number of rotatable bonds is 6. The molecule has 2 aromatic carbocycles. The minimum Gasteiger partial charge on any atom is -0.495 e. The number of carbonyl (C=O) groups is 1. The minimum absolute atomic E-state index is 0.130. The average molecular weight is 428 g/mol. The number of ether oxygens (including phenoxy) is 3. The van der Waals surface area contributed by atoms with E-state index < -0.39 is 0 Å². The molecular weight excluding hydrogens is 410 g/mol. The number of nitrogens with zero attached hydrogens (tertiary/aromatic N) is 2. The molecule has 9 nitrogen and oxygen atoms in total. The second-order valence-corrected chi connectivity index (χ2v) is 6.68. The number of methoxy groups -OCH3 is 1. The van der Waals surface area contributed by atoms with Crippen LogP contribution in [0.4, 0.5) is 28.8 Å². The number of halogens is 1. The Labute approximate surface area is 177 Å². The van der Waals surface area contributed by atoms with E-state index in [4.69, 9.17) is 25.8 Å². The normalized spacial score (nSPS) is 11.7. The molecule has 1 aliphatic heterocycles. The maximum Gasteiger partial charge on any atom is 0.231 e. The number of nitrogens with one attached hydrogen (secondary N) is 3. The summed E-state index contributed by atoms with van der Waals surface area (Å²) in [6.07, 6.45) is 1.59. The van der Waals surface area contributed by atoms with Gasteiger partial charge in [-0.1, -0.05) is 11.6 Å². The predicted molar refractivity (Wildman–Crippen MR) is 113 cm³/mol. The lowest BCUT2D eigenvalue weighted by molar-refractivity contribution is -0.114. The summed E-state index contributed by atoms with van der Waals surface area (Å²) in [6, 6.07) is 10.4. The Balaban J connectivity index is 1.59. The second kappa shape index (κ2) is 8.34. The molecule has 4 rings (SSSR count). The highest BCUT2D eigenvalue weighted by Gasteiger charge is 2.21. The van der Waals surface area contributed by atoms with E-state index in [1.807, 2.05) is 0 Å². The van der Waals surface area contributed by atoms with Gasteiger partial charge in [0.05, 0.1) is 17.8 Å². The molecule has 10 heteroatoms. The molecule has 0 unspecified atom stereocenters. The third kappa shape index (κ3) is 4.15. The molecule has 30 heavy (non-hydrogen) atoms. The van der Waals surface area contributed by atoms with Gasteiger partial charge in [0, 0.05) is 18.8 Å². The summed E-state index contributed by atoms with van der Waals surface area (Å²) < 4.78 is 16.3. The summed E-state index contributed by atoms with van der Waals surface area (Å²) in [5.41, 5.74) is 1.77. The summed E-state index contributed by atoms with van der Waals surface area (Å²) in [6.45, 7) is 1.57. The van der Waals surface area contributed by atoms with Crippen molar-refractivity contribution in [1.82, 2.24) is 9.97 Å². The fraction of sp³-hybridized carbons (Fsp3) is 0.150. The van der Waals surface area contributed by atoms with Crippen LogP contribution in [0.2, 0.25) is 5.02 Å². The Hall–Kier alpha value is -3.72. The van der Waals surface area contributed by atoms with Gasteiger partial charge in [-0.3, -0.25) is 4.79 Å². The lowest BCUT2D eigenvalue weighted by Crippen LogP contribution is -2.07. The van der Waals surface area contributed by atoms with Crippen LogP contribution in [0.25, 0.3) is 0 Å². The predicted octanol–water partition coefficient (Wildman–Crippen LogP) is 4.31. The van der Waals surface area contributed by atoms with Crippen molar-refractivity contribution in [2.24, 2.45) is 0 Å². The van der Waals surface area contributed by atoms with Crippen molar-refractivity contribution in [2.45, 2.75) is 6.92 Å². The molecule has 0 atom stereocenters. The summed E-state index contributed by atoms with van der Waals surface area (Å²) in [7, 11) is 1.55. The van der Waals surface area contributed by atoms with E-state index in [2.05, 4.69) is 25.9 Å². The first-order valence-corrected chi connectivity index (χ1v) is 9.32. The van der Waals surface area contributed by atoms with Crippen molar-refractivity contribution in [2.75, 3.05) is 29.9 Å². The third-order valence-electron chi connectivity index (χ3n) is 4.16. The van der Waals surface area contributed by atoms with Crippen LogP contribution < -0.4 is 30.2 Å². The lowest BCUT2D eigenvalue weighted by atomic mass is 10.2. The van der Waals surface area contributed by atoms with E-state index in [1.54, 1.807) is 49.7 Å². The van der Waals surface area contributed by atoms with E-state index in [0.717, 1.165) is 0 Å². The fourth-order valence-corrected chi connectivity index (χ4v) is 3.08. The molecule has 0 aliphatic carbocycles. The Morgan fingerprint density at radius 2 is 2.03 bits per heavy atom. The first kappa shape index (κ1) is 19.6. The highest BCUT2D eigenvalue weighted by molar-refractivity contribution is 6.33. The average Bonchev–Trinajstić information content (AvgIpc) is 3.19. The standard InChI is InChI=1S/C20H18ClN5O4/c1-11(27)23-12-3-5-15(28-2)14(9-12)24-20-22-8-7-17(26-20)25-18-13(21)4-6-16-19(18)30-10-29-16/h3-9H,10H2,1-2H3,(H,23,27)(H2,22,24,25,26). The number of aromatic nitrogens is 2. The maximum absolute atomic E-state index is 11.3. The molecule has 154 valence electrons. The Bertz CT molecular complexity index is 1110. The molecule has 3 aromatic rings. The zero-order chi connectivity index (χ0) is 21.1. The molecule has 3 N–H and O–H groups in total. The molecule has 1 aromatic heterocycles. The van der Waals surface area contributed by atoms with Crippen LogP contribution in [-0.2, 0) is 4.79 Å². The van der Waals surface area contributed by atoms with Gasteiger partial charge in [0.15, 0.2) is 11.5 Å². The molecule has 1 amide bonds. The van der Waals surface area contributed by atoms with Crippen LogP contribution in [0.3, 0.4) is 0 Å². The minimum atomic E-state index is -0.174. The zero-order valence-electron chi connectivity index (χ0n) is 16.2. The van der Waals surface area contributed by atoms with E-state index >= 15 is 0 Å². The van der Waals surface area contributed by atoms with Crippen LogP contribution >= 0.6 is 11.6 Å². The quantitative estimate of drug-likeness (QED) is 0.534. The van der Waals surface area contributed by atoms with Gasteiger partial charge < -0.3 is 30.2 Å². The van der Waals surface area contributed by atoms with E-state index in [-0.39, 0.29) is 12.7 Å². The molecule has 0 fully saturated rings. The van der Waals surface area contributed by atoms with E-state index in [9.17, 15) is 4.79 Å². The maximum atomic E-state index is 11.3. The Morgan fingerprint density at radius 1 is 1.17 bits per heavy atom. The number of carbonyl (C=O) groups excluding carboxylic acids is 1. The van der Waals surface area contributed by atoms with Gasteiger partial charge in [0.1, 0.15) is 17.3 Å². The van der Waals surface area contributed by atoms with E-state index in [1.165, 1.54) is 6.92 Å². The van der Waals surface area contributed by atoms with Crippen molar-refractivity contribution in [3.8, 4) is 17.2 Å². The fourth-order valence-electron chi connectivity index (χ4n) is 2.89. The van der Waals surface area contributed by atoms with Crippen molar-refractivity contribution in [3.05, 3.63) is 47.6 Å². The highest BCUT2D eigenvalue weighted by Crippen LogP contribution is 2.44. The third-order valence-corrected chi connectivity index (χ3v) is 4.48. The van der Waals surface area contributed by atoms with Crippen molar-refractivity contribution in [3.63, 3.8) is 0 Å². The van der Waals surface area contributed by atoms with Gasteiger partial charge in [0.2, 0.25) is 18.6 Å². The summed E-state index contributed by atoms with van der Waals surface area (Å²) >= 11 is 6.32. The lowest BCUT2D eigenvalue weighted by Gasteiger charge is -2.14. The van der Waals surface area contributed by atoms with Gasteiger partial charge in [-0.05, 0) is 36.4 Å². The van der Waals surface area contributed by atoms with Crippen LogP contribution in [0.15, 0.2) is 42.6 Å². The highest BCUT2D eigenvalue weighted by atomic mass is 35.5. The molecule has 0 saturated carbocycles. The van der Waals surface area contributed by atoms with Gasteiger partial charge in [-0.25, -0.2) is 4.98 Å². The molecule has 1 aliphatic rings. The second-order valence-electron chi connectivity index (χ2n) is 6.27. The van der Waals surface area contributed by atoms with E-state index in [0.29, 0.717) is 51.1 Å². The molecule has 0 bridgehead atoms. The van der Waals surface area contributed by atoms with Gasteiger partial charge in [0.25, 0.3) is 0 Å². The first-order valence-electron chi connectivity index (χ1n) is 8.94. The molecule has 0 saturated heterocycles. The zero-order valence-corrected chi connectivity index (χ0v) is 16.9. The summed E-state index contributed by atoms with van der Waals surface area (Å²) in [4.78, 5) is 20.0. The molecular formula is C20H18ClN5O4. The van der Waals surface area contributed by atoms with Gasteiger partial charge >= 0.3 is 0 Å². The number of amides is 1. The van der Waals surface area contributed by atoms with Gasteiger partial charge in [-0.15, -0.1) is 0 Å². The molecule has 0 radical (unpaired) electrons. The van der Waals surface area contributed by atoms with Crippen LogP contribution in [0.5, 0.6) is 17.2 Å². The SMILES string of the molecule is COc1ccc(NC(C)=O)cc1Nc1nccc(Nc2c(Cl)ccc3c2OCO3)n1. The van der Waals surface area contributed by atoms with Crippen molar-refractivity contribution in [1.29, 1.82) is 0 Å². The van der Waals surface area contributed by atoms with Crippen LogP contribution in [0.1, 0.15) is 6.92 Å². The summed E-state index contributed by atoms with van der Waals surface area (Å²) in [5, 5.41) is 9.45. The van der Waals surface area contributed by atoms with Crippen molar-refractivity contribution >= 4 is 46.3 Å². The molecule has 2 heterocycles. The number of hydrogen-bond acceptors (Lipinski definition) is 8. The Morgan fingerprint density at radius 3 is 2.83 bits per heavy atom. The smallest absolute Gasteiger partial charge is 0.231 e. The number of fused-ring (bicyclic) bond motifs is 1. The summed E-state index contributed by atoms with van der Waals surface area (Å²) in [5.74, 6) is 2.34.